The Balaban J connectivity index is 1.88. The molecular formula is C14H21BrN2. The Labute approximate surface area is 112 Å². The van der Waals surface area contributed by atoms with Crippen LogP contribution in [0, 0.1) is 5.92 Å². The van der Waals surface area contributed by atoms with E-state index in [1.165, 1.54) is 37.8 Å². The third kappa shape index (κ3) is 3.71. The van der Waals surface area contributed by atoms with Crippen molar-refractivity contribution in [2.24, 2.45) is 5.92 Å². The summed E-state index contributed by atoms with van der Waals surface area (Å²) in [6.07, 6.45) is 5.67. The summed E-state index contributed by atoms with van der Waals surface area (Å²) in [4.78, 5) is 2.42. The summed E-state index contributed by atoms with van der Waals surface area (Å²) in [5.74, 6) is 0.914. The highest BCUT2D eigenvalue weighted by Gasteiger charge is 2.16. The third-order valence-corrected chi connectivity index (χ3v) is 4.25. The van der Waals surface area contributed by atoms with Crippen LogP contribution in [-0.4, -0.2) is 18.5 Å². The predicted octanol–water partition coefficient (Wildman–Crippen LogP) is 3.65. The zero-order valence-electron chi connectivity index (χ0n) is 10.5. The molecule has 0 heterocycles. The molecule has 0 saturated heterocycles. The molecule has 0 radical (unpaired) electrons. The number of nitrogens with zero attached hydrogens (tertiary/aromatic N) is 1. The second-order valence-corrected chi connectivity index (χ2v) is 6.06. The van der Waals surface area contributed by atoms with E-state index in [1.807, 2.05) is 6.07 Å². The molecular weight excluding hydrogens is 276 g/mol. The molecule has 2 rings (SSSR count). The minimum atomic E-state index is 0.812. The van der Waals surface area contributed by atoms with E-state index in [0.717, 1.165) is 22.6 Å². The maximum absolute atomic E-state index is 5.79. The van der Waals surface area contributed by atoms with E-state index in [9.17, 15) is 0 Å². The molecule has 0 bridgehead atoms. The topological polar surface area (TPSA) is 29.3 Å². The van der Waals surface area contributed by atoms with E-state index >= 15 is 0 Å². The van der Waals surface area contributed by atoms with Gasteiger partial charge in [-0.2, -0.15) is 0 Å². The molecule has 17 heavy (non-hydrogen) atoms. The van der Waals surface area contributed by atoms with Crippen molar-refractivity contribution in [3.05, 3.63) is 28.2 Å². The fourth-order valence-electron chi connectivity index (χ4n) is 2.68. The van der Waals surface area contributed by atoms with Gasteiger partial charge in [0.15, 0.2) is 0 Å². The molecule has 3 heteroatoms. The monoisotopic (exact) mass is 296 g/mol. The standard InChI is InChI=1S/C14H21BrN2/c1-17(9-11-4-2-3-5-11)10-12-6-7-14(16)13(15)8-12/h6-8,11H,2-5,9-10,16H2,1H3. The van der Waals surface area contributed by atoms with Crippen LogP contribution in [0.15, 0.2) is 22.7 Å². The number of nitrogen functional groups attached to an aromatic ring is 1. The summed E-state index contributed by atoms with van der Waals surface area (Å²) in [6, 6.07) is 6.22. The second kappa shape index (κ2) is 5.87. The highest BCUT2D eigenvalue weighted by Crippen LogP contribution is 2.26. The fourth-order valence-corrected chi connectivity index (χ4v) is 3.11. The molecule has 94 valence electrons. The molecule has 0 aromatic heterocycles. The third-order valence-electron chi connectivity index (χ3n) is 3.56. The van der Waals surface area contributed by atoms with Crippen LogP contribution in [-0.2, 0) is 6.54 Å². The molecule has 2 N–H and O–H groups in total. The van der Waals surface area contributed by atoms with Gasteiger partial charge in [-0.1, -0.05) is 18.9 Å². The number of nitrogens with two attached hydrogens (primary N) is 1. The first-order valence-electron chi connectivity index (χ1n) is 6.37. The van der Waals surface area contributed by atoms with Gasteiger partial charge in [-0.3, -0.25) is 0 Å². The van der Waals surface area contributed by atoms with E-state index in [0.29, 0.717) is 0 Å². The maximum Gasteiger partial charge on any atom is 0.0458 e. The average molecular weight is 297 g/mol. The van der Waals surface area contributed by atoms with Gasteiger partial charge in [0.1, 0.15) is 0 Å². The van der Waals surface area contributed by atoms with Crippen molar-refractivity contribution in [2.75, 3.05) is 19.3 Å². The largest absolute Gasteiger partial charge is 0.398 e. The lowest BCUT2D eigenvalue weighted by Gasteiger charge is -2.21. The van der Waals surface area contributed by atoms with Crippen LogP contribution < -0.4 is 5.73 Å². The molecule has 1 aliphatic carbocycles. The normalized spacial score (nSPS) is 16.9. The van der Waals surface area contributed by atoms with Crippen LogP contribution in [0.3, 0.4) is 0 Å². The Morgan fingerprint density at radius 1 is 1.35 bits per heavy atom. The van der Waals surface area contributed by atoms with Gasteiger partial charge < -0.3 is 10.6 Å². The van der Waals surface area contributed by atoms with Gasteiger partial charge in [-0.25, -0.2) is 0 Å². The number of hydrogen-bond donors (Lipinski definition) is 1. The van der Waals surface area contributed by atoms with Gasteiger partial charge >= 0.3 is 0 Å². The summed E-state index contributed by atoms with van der Waals surface area (Å²) < 4.78 is 1.00. The number of benzene rings is 1. The summed E-state index contributed by atoms with van der Waals surface area (Å²) in [6.45, 7) is 2.23. The minimum Gasteiger partial charge on any atom is -0.398 e. The molecule has 0 unspecified atom stereocenters. The number of hydrogen-bond acceptors (Lipinski definition) is 2. The number of rotatable bonds is 4. The molecule has 0 atom stereocenters. The second-order valence-electron chi connectivity index (χ2n) is 5.20. The van der Waals surface area contributed by atoms with E-state index in [2.05, 4.69) is 40.0 Å². The maximum atomic E-state index is 5.79. The zero-order chi connectivity index (χ0) is 12.3. The van der Waals surface area contributed by atoms with Gasteiger partial charge in [0, 0.05) is 23.2 Å². The van der Waals surface area contributed by atoms with Crippen LogP contribution in [0.5, 0.6) is 0 Å². The van der Waals surface area contributed by atoms with Crippen molar-refractivity contribution in [1.82, 2.24) is 4.90 Å². The Bertz CT molecular complexity index is 372. The Morgan fingerprint density at radius 2 is 2.06 bits per heavy atom. The van der Waals surface area contributed by atoms with Crippen LogP contribution in [0.25, 0.3) is 0 Å². The average Bonchev–Trinajstić information content (AvgIpc) is 2.76. The van der Waals surface area contributed by atoms with E-state index in [1.54, 1.807) is 0 Å². The zero-order valence-corrected chi connectivity index (χ0v) is 12.0. The van der Waals surface area contributed by atoms with Gasteiger partial charge in [0.25, 0.3) is 0 Å². The van der Waals surface area contributed by atoms with Gasteiger partial charge in [-0.05, 0) is 59.4 Å². The number of halogens is 1. The van der Waals surface area contributed by atoms with Crippen LogP contribution in [0.4, 0.5) is 5.69 Å². The van der Waals surface area contributed by atoms with Crippen molar-refractivity contribution in [2.45, 2.75) is 32.2 Å². The van der Waals surface area contributed by atoms with Crippen molar-refractivity contribution >= 4 is 21.6 Å². The first-order valence-corrected chi connectivity index (χ1v) is 7.17. The quantitative estimate of drug-likeness (QED) is 0.860. The Kier molecular flexibility index (Phi) is 4.46. The SMILES string of the molecule is CN(Cc1ccc(N)c(Br)c1)CC1CCCC1. The Morgan fingerprint density at radius 3 is 2.71 bits per heavy atom. The Hall–Kier alpha value is -0.540. The van der Waals surface area contributed by atoms with E-state index in [4.69, 9.17) is 5.73 Å². The molecule has 1 fully saturated rings. The molecule has 1 aliphatic rings. The van der Waals surface area contributed by atoms with E-state index < -0.39 is 0 Å². The van der Waals surface area contributed by atoms with Crippen LogP contribution >= 0.6 is 15.9 Å². The van der Waals surface area contributed by atoms with Crippen LogP contribution in [0.1, 0.15) is 31.2 Å². The molecule has 0 amide bonds. The molecule has 0 spiro atoms. The lowest BCUT2D eigenvalue weighted by molar-refractivity contribution is 0.271. The first kappa shape index (κ1) is 12.9. The van der Waals surface area contributed by atoms with Gasteiger partial charge in [-0.15, -0.1) is 0 Å². The molecule has 1 aromatic rings. The number of anilines is 1. The van der Waals surface area contributed by atoms with Crippen molar-refractivity contribution in [3.8, 4) is 0 Å². The fraction of sp³-hybridized carbons (Fsp3) is 0.571. The molecule has 0 aliphatic heterocycles. The smallest absolute Gasteiger partial charge is 0.0458 e. The van der Waals surface area contributed by atoms with Crippen molar-refractivity contribution in [3.63, 3.8) is 0 Å². The van der Waals surface area contributed by atoms with Crippen molar-refractivity contribution in [1.29, 1.82) is 0 Å². The van der Waals surface area contributed by atoms with E-state index in [-0.39, 0.29) is 0 Å². The lowest BCUT2D eigenvalue weighted by Crippen LogP contribution is -2.24. The summed E-state index contributed by atoms with van der Waals surface area (Å²) in [5, 5.41) is 0. The molecule has 1 saturated carbocycles. The highest BCUT2D eigenvalue weighted by molar-refractivity contribution is 9.10. The van der Waals surface area contributed by atoms with Crippen molar-refractivity contribution < 1.29 is 0 Å². The van der Waals surface area contributed by atoms with Gasteiger partial charge in [0.05, 0.1) is 0 Å². The van der Waals surface area contributed by atoms with Crippen LogP contribution in [0.2, 0.25) is 0 Å². The first-order chi connectivity index (χ1) is 8.15. The summed E-state index contributed by atoms with van der Waals surface area (Å²) in [7, 11) is 2.21. The lowest BCUT2D eigenvalue weighted by atomic mass is 10.1. The minimum absolute atomic E-state index is 0.812. The molecule has 2 nitrogen and oxygen atoms in total. The highest BCUT2D eigenvalue weighted by atomic mass is 79.9. The molecule has 1 aromatic carbocycles. The summed E-state index contributed by atoms with van der Waals surface area (Å²) in [5.41, 5.74) is 7.93. The summed E-state index contributed by atoms with van der Waals surface area (Å²) >= 11 is 3.48. The van der Waals surface area contributed by atoms with Gasteiger partial charge in [0.2, 0.25) is 0 Å². The predicted molar refractivity (Wildman–Crippen MR) is 76.8 cm³/mol.